The SMILES string of the molecule is CN(C)C(=O)C[C@H]1CC2(CCN(C(=O)C3CCCC3)CC2)c2ccccc21. The summed E-state index contributed by atoms with van der Waals surface area (Å²) in [5.41, 5.74) is 2.96. The molecule has 1 aliphatic heterocycles. The van der Waals surface area contributed by atoms with E-state index in [0.717, 1.165) is 45.2 Å². The van der Waals surface area contributed by atoms with Gasteiger partial charge in [0.05, 0.1) is 0 Å². The molecule has 4 nitrogen and oxygen atoms in total. The number of carbonyl (C=O) groups is 2. The lowest BCUT2D eigenvalue weighted by atomic mass is 9.73. The highest BCUT2D eigenvalue weighted by atomic mass is 16.2. The van der Waals surface area contributed by atoms with Gasteiger partial charge in [0.15, 0.2) is 0 Å². The maximum Gasteiger partial charge on any atom is 0.225 e. The van der Waals surface area contributed by atoms with Crippen LogP contribution in [-0.4, -0.2) is 48.8 Å². The van der Waals surface area contributed by atoms with Gasteiger partial charge in [-0.05, 0) is 54.6 Å². The predicted molar refractivity (Wildman–Crippen MR) is 107 cm³/mol. The van der Waals surface area contributed by atoms with Gasteiger partial charge < -0.3 is 9.80 Å². The summed E-state index contributed by atoms with van der Waals surface area (Å²) in [4.78, 5) is 29.0. The Morgan fingerprint density at radius 3 is 2.44 bits per heavy atom. The Morgan fingerprint density at radius 1 is 1.11 bits per heavy atom. The van der Waals surface area contributed by atoms with Crippen LogP contribution < -0.4 is 0 Å². The molecule has 3 aliphatic rings. The van der Waals surface area contributed by atoms with Crippen molar-refractivity contribution in [3.63, 3.8) is 0 Å². The van der Waals surface area contributed by atoms with Crippen LogP contribution in [0.25, 0.3) is 0 Å². The average Bonchev–Trinajstić information content (AvgIpc) is 3.30. The van der Waals surface area contributed by atoms with E-state index in [1.807, 2.05) is 14.1 Å². The van der Waals surface area contributed by atoms with E-state index in [4.69, 9.17) is 0 Å². The lowest BCUT2D eigenvalue weighted by molar-refractivity contribution is -0.137. The van der Waals surface area contributed by atoms with E-state index in [-0.39, 0.29) is 17.2 Å². The van der Waals surface area contributed by atoms with Crippen molar-refractivity contribution in [3.05, 3.63) is 35.4 Å². The number of nitrogens with zero attached hydrogens (tertiary/aromatic N) is 2. The molecular weight excluding hydrogens is 336 g/mol. The zero-order valence-corrected chi connectivity index (χ0v) is 16.7. The topological polar surface area (TPSA) is 40.6 Å². The van der Waals surface area contributed by atoms with E-state index in [1.165, 1.54) is 24.0 Å². The van der Waals surface area contributed by atoms with Gasteiger partial charge in [-0.3, -0.25) is 9.59 Å². The van der Waals surface area contributed by atoms with E-state index in [2.05, 4.69) is 29.2 Å². The zero-order valence-electron chi connectivity index (χ0n) is 16.7. The second-order valence-corrected chi connectivity index (χ2v) is 9.07. The van der Waals surface area contributed by atoms with Crippen LogP contribution in [0.4, 0.5) is 0 Å². The first-order valence-corrected chi connectivity index (χ1v) is 10.6. The minimum absolute atomic E-state index is 0.153. The van der Waals surface area contributed by atoms with E-state index in [0.29, 0.717) is 18.2 Å². The summed E-state index contributed by atoms with van der Waals surface area (Å²) in [6, 6.07) is 8.72. The van der Waals surface area contributed by atoms with Crippen molar-refractivity contribution in [2.45, 2.75) is 62.7 Å². The lowest BCUT2D eigenvalue weighted by Crippen LogP contribution is -2.46. The molecule has 1 heterocycles. The first-order valence-electron chi connectivity index (χ1n) is 10.6. The fourth-order valence-electron chi connectivity index (χ4n) is 5.66. The zero-order chi connectivity index (χ0) is 19.0. The van der Waals surface area contributed by atoms with Crippen molar-refractivity contribution < 1.29 is 9.59 Å². The van der Waals surface area contributed by atoms with Crippen molar-refractivity contribution in [2.75, 3.05) is 27.2 Å². The van der Waals surface area contributed by atoms with Gasteiger partial charge in [0.1, 0.15) is 0 Å². The van der Waals surface area contributed by atoms with Gasteiger partial charge in [0, 0.05) is 39.5 Å². The molecule has 0 radical (unpaired) electrons. The Morgan fingerprint density at radius 2 is 1.78 bits per heavy atom. The number of carbonyl (C=O) groups excluding carboxylic acids is 2. The Kier molecular flexibility index (Phi) is 5.00. The number of rotatable bonds is 3. The lowest BCUT2D eigenvalue weighted by Gasteiger charge is -2.41. The Bertz CT molecular complexity index is 713. The molecule has 4 heteroatoms. The average molecular weight is 369 g/mol. The van der Waals surface area contributed by atoms with Gasteiger partial charge in [-0.2, -0.15) is 0 Å². The van der Waals surface area contributed by atoms with Crippen LogP contribution in [0, 0.1) is 5.92 Å². The third-order valence-corrected chi connectivity index (χ3v) is 7.27. The van der Waals surface area contributed by atoms with Gasteiger partial charge in [-0.25, -0.2) is 0 Å². The summed E-state index contributed by atoms with van der Waals surface area (Å²) in [6.45, 7) is 1.75. The van der Waals surface area contributed by atoms with Crippen molar-refractivity contribution in [1.29, 1.82) is 0 Å². The maximum absolute atomic E-state index is 12.8. The van der Waals surface area contributed by atoms with E-state index in [9.17, 15) is 9.59 Å². The van der Waals surface area contributed by atoms with E-state index >= 15 is 0 Å². The van der Waals surface area contributed by atoms with Crippen LogP contribution in [0.5, 0.6) is 0 Å². The standard InChI is InChI=1S/C23H32N2O2/c1-24(2)21(26)15-18-16-23(20-10-6-5-9-19(18)20)11-13-25(14-12-23)22(27)17-7-3-4-8-17/h5-6,9-10,17-18H,3-4,7-8,11-16H2,1-2H3/t18-/m0/s1. The molecule has 1 saturated heterocycles. The summed E-state index contributed by atoms with van der Waals surface area (Å²) in [7, 11) is 3.68. The molecule has 2 amide bonds. The summed E-state index contributed by atoms with van der Waals surface area (Å²) in [5.74, 6) is 1.20. The van der Waals surface area contributed by atoms with E-state index in [1.54, 1.807) is 4.90 Å². The highest BCUT2D eigenvalue weighted by molar-refractivity contribution is 5.79. The molecule has 27 heavy (non-hydrogen) atoms. The number of hydrogen-bond acceptors (Lipinski definition) is 2. The third-order valence-electron chi connectivity index (χ3n) is 7.27. The van der Waals surface area contributed by atoms with Crippen LogP contribution in [0.1, 0.15) is 68.4 Å². The molecule has 0 unspecified atom stereocenters. The Labute approximate surface area is 162 Å². The molecule has 0 bridgehead atoms. The number of likely N-dealkylation sites (tertiary alicyclic amines) is 1. The monoisotopic (exact) mass is 368 g/mol. The van der Waals surface area contributed by atoms with Crippen molar-refractivity contribution in [2.24, 2.45) is 5.92 Å². The predicted octanol–water partition coefficient (Wildman–Crippen LogP) is 3.70. The molecule has 0 aromatic heterocycles. The molecule has 146 valence electrons. The molecule has 1 saturated carbocycles. The highest BCUT2D eigenvalue weighted by Crippen LogP contribution is 2.52. The number of amides is 2. The van der Waals surface area contributed by atoms with Crippen LogP contribution in [0.3, 0.4) is 0 Å². The first-order chi connectivity index (χ1) is 13.0. The van der Waals surface area contributed by atoms with Crippen LogP contribution in [0.15, 0.2) is 24.3 Å². The van der Waals surface area contributed by atoms with Gasteiger partial charge >= 0.3 is 0 Å². The minimum Gasteiger partial charge on any atom is -0.349 e. The number of hydrogen-bond donors (Lipinski definition) is 0. The summed E-state index contributed by atoms with van der Waals surface area (Å²) >= 11 is 0. The molecule has 4 rings (SSSR count). The highest BCUT2D eigenvalue weighted by Gasteiger charge is 2.46. The molecule has 1 atom stereocenters. The van der Waals surface area contributed by atoms with Gasteiger partial charge in [-0.1, -0.05) is 37.1 Å². The van der Waals surface area contributed by atoms with Crippen molar-refractivity contribution in [1.82, 2.24) is 9.80 Å². The second kappa shape index (κ2) is 7.29. The molecule has 1 spiro atoms. The maximum atomic E-state index is 12.8. The van der Waals surface area contributed by atoms with Crippen LogP contribution >= 0.6 is 0 Å². The second-order valence-electron chi connectivity index (χ2n) is 9.07. The summed E-state index contributed by atoms with van der Waals surface area (Å²) in [5, 5.41) is 0. The summed E-state index contributed by atoms with van der Waals surface area (Å²) in [6.07, 6.45) is 8.31. The van der Waals surface area contributed by atoms with Crippen molar-refractivity contribution >= 4 is 11.8 Å². The Hall–Kier alpha value is -1.84. The fourth-order valence-corrected chi connectivity index (χ4v) is 5.66. The normalized spacial score (nSPS) is 24.2. The molecule has 2 aliphatic carbocycles. The molecule has 0 N–H and O–H groups in total. The van der Waals surface area contributed by atoms with Gasteiger partial charge in [0.2, 0.25) is 11.8 Å². The fraction of sp³-hybridized carbons (Fsp3) is 0.652. The molecular formula is C23H32N2O2. The number of benzene rings is 1. The van der Waals surface area contributed by atoms with E-state index < -0.39 is 0 Å². The van der Waals surface area contributed by atoms with Gasteiger partial charge in [-0.15, -0.1) is 0 Å². The first kappa shape index (κ1) is 18.5. The molecule has 2 fully saturated rings. The largest absolute Gasteiger partial charge is 0.349 e. The number of piperidine rings is 1. The minimum atomic E-state index is 0.153. The Balaban J connectivity index is 1.49. The third kappa shape index (κ3) is 3.39. The smallest absolute Gasteiger partial charge is 0.225 e. The van der Waals surface area contributed by atoms with Crippen molar-refractivity contribution in [3.8, 4) is 0 Å². The quantitative estimate of drug-likeness (QED) is 0.816. The van der Waals surface area contributed by atoms with Gasteiger partial charge in [0.25, 0.3) is 0 Å². The van der Waals surface area contributed by atoms with Crippen LogP contribution in [0.2, 0.25) is 0 Å². The van der Waals surface area contributed by atoms with Crippen LogP contribution in [-0.2, 0) is 15.0 Å². The number of fused-ring (bicyclic) bond motifs is 2. The summed E-state index contributed by atoms with van der Waals surface area (Å²) < 4.78 is 0. The molecule has 1 aromatic carbocycles. The molecule has 1 aromatic rings.